The molecule has 2 unspecified atom stereocenters. The van der Waals surface area contributed by atoms with Crippen LogP contribution in [0.1, 0.15) is 45.7 Å². The molecular formula is C18H28ClNO. The van der Waals surface area contributed by atoms with E-state index >= 15 is 0 Å². The molecule has 2 rings (SSSR count). The lowest BCUT2D eigenvalue weighted by Gasteiger charge is -2.27. The van der Waals surface area contributed by atoms with Crippen molar-refractivity contribution < 1.29 is 4.74 Å². The first-order valence-corrected chi connectivity index (χ1v) is 8.33. The standard InChI is InChI=1S/C18H28ClNO/c1-12(13(2)11-20-18(3,4)5)8-15-10-16(19)9-14-6-7-21-17(14)15/h9-10,12-13,20H,6-8,11H2,1-5H3. The van der Waals surface area contributed by atoms with Gasteiger partial charge < -0.3 is 10.1 Å². The van der Waals surface area contributed by atoms with Crippen molar-refractivity contribution in [1.82, 2.24) is 5.32 Å². The van der Waals surface area contributed by atoms with Gasteiger partial charge in [0.1, 0.15) is 5.75 Å². The Morgan fingerprint density at radius 1 is 1.24 bits per heavy atom. The second kappa shape index (κ2) is 6.58. The molecule has 1 N–H and O–H groups in total. The van der Waals surface area contributed by atoms with E-state index in [1.54, 1.807) is 0 Å². The molecule has 0 amide bonds. The van der Waals surface area contributed by atoms with E-state index in [0.717, 1.165) is 36.8 Å². The van der Waals surface area contributed by atoms with E-state index in [1.165, 1.54) is 11.1 Å². The van der Waals surface area contributed by atoms with Gasteiger partial charge in [-0.2, -0.15) is 0 Å². The van der Waals surface area contributed by atoms with Crippen molar-refractivity contribution >= 4 is 11.6 Å². The van der Waals surface area contributed by atoms with Gasteiger partial charge in [-0.25, -0.2) is 0 Å². The number of benzene rings is 1. The number of hydrogen-bond acceptors (Lipinski definition) is 2. The zero-order chi connectivity index (χ0) is 15.6. The van der Waals surface area contributed by atoms with Crippen molar-refractivity contribution in [3.05, 3.63) is 28.3 Å². The first kappa shape index (κ1) is 16.6. The van der Waals surface area contributed by atoms with Crippen LogP contribution in [-0.4, -0.2) is 18.7 Å². The van der Waals surface area contributed by atoms with Crippen LogP contribution in [0.5, 0.6) is 5.75 Å². The lowest BCUT2D eigenvalue weighted by molar-refractivity contribution is 0.311. The predicted molar refractivity (Wildman–Crippen MR) is 90.4 cm³/mol. The van der Waals surface area contributed by atoms with Crippen molar-refractivity contribution in [2.75, 3.05) is 13.2 Å². The highest BCUT2D eigenvalue weighted by Crippen LogP contribution is 2.35. The van der Waals surface area contributed by atoms with Crippen LogP contribution in [-0.2, 0) is 12.8 Å². The first-order valence-electron chi connectivity index (χ1n) is 7.95. The van der Waals surface area contributed by atoms with Crippen molar-refractivity contribution in [3.63, 3.8) is 0 Å². The van der Waals surface area contributed by atoms with Crippen LogP contribution >= 0.6 is 11.6 Å². The normalized spacial score (nSPS) is 17.2. The Bertz CT molecular complexity index is 493. The Labute approximate surface area is 134 Å². The number of ether oxygens (including phenoxy) is 1. The summed E-state index contributed by atoms with van der Waals surface area (Å²) in [7, 11) is 0. The largest absolute Gasteiger partial charge is 0.493 e. The summed E-state index contributed by atoms with van der Waals surface area (Å²) in [5.41, 5.74) is 2.71. The van der Waals surface area contributed by atoms with E-state index in [-0.39, 0.29) is 5.54 Å². The van der Waals surface area contributed by atoms with Crippen LogP contribution in [0.3, 0.4) is 0 Å². The fraction of sp³-hybridized carbons (Fsp3) is 0.667. The molecular weight excluding hydrogens is 282 g/mol. The quantitative estimate of drug-likeness (QED) is 0.866. The molecule has 1 aliphatic heterocycles. The molecule has 0 saturated heterocycles. The second-order valence-corrected chi connectivity index (χ2v) is 7.88. The highest BCUT2D eigenvalue weighted by atomic mass is 35.5. The number of halogens is 1. The van der Waals surface area contributed by atoms with Gasteiger partial charge in [-0.15, -0.1) is 0 Å². The number of rotatable bonds is 5. The number of hydrogen-bond donors (Lipinski definition) is 1. The molecule has 118 valence electrons. The minimum atomic E-state index is 0.175. The van der Waals surface area contributed by atoms with Crippen LogP contribution in [0, 0.1) is 11.8 Å². The van der Waals surface area contributed by atoms with Crippen LogP contribution < -0.4 is 10.1 Å². The molecule has 0 bridgehead atoms. The zero-order valence-electron chi connectivity index (χ0n) is 13.9. The van der Waals surface area contributed by atoms with Crippen LogP contribution in [0.4, 0.5) is 0 Å². The van der Waals surface area contributed by atoms with Gasteiger partial charge in [0.2, 0.25) is 0 Å². The maximum absolute atomic E-state index is 6.24. The Morgan fingerprint density at radius 2 is 1.95 bits per heavy atom. The van der Waals surface area contributed by atoms with Crippen molar-refractivity contribution in [2.24, 2.45) is 11.8 Å². The third-order valence-electron chi connectivity index (χ3n) is 4.29. The summed E-state index contributed by atoms with van der Waals surface area (Å²) >= 11 is 6.24. The van der Waals surface area contributed by atoms with Gasteiger partial charge in [0, 0.05) is 17.0 Å². The average molecular weight is 310 g/mol. The van der Waals surface area contributed by atoms with Crippen molar-refractivity contribution in [1.29, 1.82) is 0 Å². The van der Waals surface area contributed by atoms with E-state index in [4.69, 9.17) is 16.3 Å². The summed E-state index contributed by atoms with van der Waals surface area (Å²) in [5, 5.41) is 4.43. The Kier molecular flexibility index (Phi) is 5.21. The zero-order valence-corrected chi connectivity index (χ0v) is 14.7. The van der Waals surface area contributed by atoms with Gasteiger partial charge in [-0.05, 0) is 68.8 Å². The van der Waals surface area contributed by atoms with E-state index < -0.39 is 0 Å². The van der Waals surface area contributed by atoms with Crippen molar-refractivity contribution in [2.45, 2.75) is 53.0 Å². The highest BCUT2D eigenvalue weighted by Gasteiger charge is 2.22. The van der Waals surface area contributed by atoms with Gasteiger partial charge in [0.05, 0.1) is 6.61 Å². The molecule has 21 heavy (non-hydrogen) atoms. The SMILES string of the molecule is CC(CNC(C)(C)C)C(C)Cc1cc(Cl)cc2c1OCC2. The average Bonchev–Trinajstić information content (AvgIpc) is 2.82. The van der Waals surface area contributed by atoms with E-state index in [9.17, 15) is 0 Å². The third kappa shape index (κ3) is 4.62. The monoisotopic (exact) mass is 309 g/mol. The molecule has 3 heteroatoms. The Morgan fingerprint density at radius 3 is 2.62 bits per heavy atom. The van der Waals surface area contributed by atoms with Crippen LogP contribution in [0.15, 0.2) is 12.1 Å². The summed E-state index contributed by atoms with van der Waals surface area (Å²) in [6.07, 6.45) is 2.01. The van der Waals surface area contributed by atoms with Crippen LogP contribution in [0.25, 0.3) is 0 Å². The predicted octanol–water partition coefficient (Wildman–Crippen LogP) is 4.48. The number of fused-ring (bicyclic) bond motifs is 1. The third-order valence-corrected chi connectivity index (χ3v) is 4.51. The maximum atomic E-state index is 6.24. The summed E-state index contributed by atoms with van der Waals surface area (Å²) < 4.78 is 5.81. The molecule has 2 atom stereocenters. The maximum Gasteiger partial charge on any atom is 0.125 e. The summed E-state index contributed by atoms with van der Waals surface area (Å²) in [6, 6.07) is 4.12. The van der Waals surface area contributed by atoms with Crippen molar-refractivity contribution in [3.8, 4) is 5.75 Å². The van der Waals surface area contributed by atoms with E-state index in [2.05, 4.69) is 46.0 Å². The topological polar surface area (TPSA) is 21.3 Å². The molecule has 0 aromatic heterocycles. The van der Waals surface area contributed by atoms with E-state index in [0.29, 0.717) is 11.8 Å². The minimum Gasteiger partial charge on any atom is -0.493 e. The molecule has 1 aromatic carbocycles. The molecule has 0 spiro atoms. The molecule has 1 heterocycles. The minimum absolute atomic E-state index is 0.175. The lowest BCUT2D eigenvalue weighted by atomic mass is 9.88. The van der Waals surface area contributed by atoms with Gasteiger partial charge in [0.15, 0.2) is 0 Å². The smallest absolute Gasteiger partial charge is 0.125 e. The summed E-state index contributed by atoms with van der Waals surface area (Å²) in [5.74, 6) is 2.29. The number of nitrogens with one attached hydrogen (secondary N) is 1. The fourth-order valence-electron chi connectivity index (χ4n) is 2.71. The second-order valence-electron chi connectivity index (χ2n) is 7.44. The highest BCUT2D eigenvalue weighted by molar-refractivity contribution is 6.30. The van der Waals surface area contributed by atoms with E-state index in [1.807, 2.05) is 6.07 Å². The first-order chi connectivity index (χ1) is 9.76. The van der Waals surface area contributed by atoms with Gasteiger partial charge >= 0.3 is 0 Å². The Balaban J connectivity index is 2.01. The lowest BCUT2D eigenvalue weighted by Crippen LogP contribution is -2.40. The van der Waals surface area contributed by atoms with Gasteiger partial charge in [-0.3, -0.25) is 0 Å². The Hall–Kier alpha value is -0.730. The van der Waals surface area contributed by atoms with Crippen LogP contribution in [0.2, 0.25) is 5.02 Å². The molecule has 0 fully saturated rings. The molecule has 0 radical (unpaired) electrons. The van der Waals surface area contributed by atoms with Gasteiger partial charge in [0.25, 0.3) is 0 Å². The fourth-order valence-corrected chi connectivity index (χ4v) is 2.98. The van der Waals surface area contributed by atoms with Gasteiger partial charge in [-0.1, -0.05) is 25.4 Å². The summed E-state index contributed by atoms with van der Waals surface area (Å²) in [6.45, 7) is 13.1. The molecule has 1 aromatic rings. The molecule has 0 saturated carbocycles. The molecule has 2 nitrogen and oxygen atoms in total. The molecule has 0 aliphatic carbocycles. The summed E-state index contributed by atoms with van der Waals surface area (Å²) in [4.78, 5) is 0. The molecule has 1 aliphatic rings.